The number of rotatable bonds is 5. The predicted molar refractivity (Wildman–Crippen MR) is 80.7 cm³/mol. The fraction of sp³-hybridized carbons (Fsp3) is 0.562. The molecular formula is C16H22N2O4. The molecule has 0 radical (unpaired) electrons. The van der Waals surface area contributed by atoms with Crippen molar-refractivity contribution >= 4 is 11.9 Å². The van der Waals surface area contributed by atoms with Crippen LogP contribution in [0.5, 0.6) is 5.88 Å². The molecule has 1 amide bonds. The maximum Gasteiger partial charge on any atom is 0.331 e. The number of esters is 1. The van der Waals surface area contributed by atoms with Gasteiger partial charge in [0, 0.05) is 6.20 Å². The van der Waals surface area contributed by atoms with Gasteiger partial charge in [0.15, 0.2) is 0 Å². The fourth-order valence-electron chi connectivity index (χ4n) is 2.83. The molecule has 0 aliphatic heterocycles. The standard InChI is InChI=1S/C16H22N2O4/c1-3-22-14-12(8-7-11-17-14)13(19)18-16(15(20)21-2)9-5-4-6-10-16/h7-8,11H,3-6,9-10H2,1-2H3,(H,18,19). The maximum atomic E-state index is 12.6. The van der Waals surface area contributed by atoms with Crippen LogP contribution >= 0.6 is 0 Å². The molecule has 0 bridgehead atoms. The molecule has 1 fully saturated rings. The van der Waals surface area contributed by atoms with E-state index in [4.69, 9.17) is 9.47 Å². The summed E-state index contributed by atoms with van der Waals surface area (Å²) in [6.45, 7) is 2.24. The molecule has 0 saturated heterocycles. The average molecular weight is 306 g/mol. The molecule has 0 spiro atoms. The summed E-state index contributed by atoms with van der Waals surface area (Å²) in [6, 6.07) is 3.31. The normalized spacial score (nSPS) is 16.6. The van der Waals surface area contributed by atoms with Crippen LogP contribution in [0.3, 0.4) is 0 Å². The summed E-state index contributed by atoms with van der Waals surface area (Å²) in [7, 11) is 1.35. The van der Waals surface area contributed by atoms with Gasteiger partial charge in [-0.2, -0.15) is 0 Å². The number of amides is 1. The molecule has 1 heterocycles. The molecule has 0 atom stereocenters. The molecule has 1 saturated carbocycles. The van der Waals surface area contributed by atoms with Gasteiger partial charge in [-0.25, -0.2) is 9.78 Å². The molecule has 1 N–H and O–H groups in total. The van der Waals surface area contributed by atoms with Gasteiger partial charge in [0.1, 0.15) is 11.1 Å². The monoisotopic (exact) mass is 306 g/mol. The van der Waals surface area contributed by atoms with E-state index >= 15 is 0 Å². The number of aromatic nitrogens is 1. The quantitative estimate of drug-likeness (QED) is 0.843. The zero-order valence-corrected chi connectivity index (χ0v) is 13.1. The van der Waals surface area contributed by atoms with E-state index in [1.807, 2.05) is 6.92 Å². The number of pyridine rings is 1. The van der Waals surface area contributed by atoms with Crippen LogP contribution in [0.4, 0.5) is 0 Å². The average Bonchev–Trinajstić information content (AvgIpc) is 2.55. The molecule has 2 rings (SSSR count). The number of hydrogen-bond donors (Lipinski definition) is 1. The van der Waals surface area contributed by atoms with E-state index in [0.29, 0.717) is 25.0 Å². The van der Waals surface area contributed by atoms with Gasteiger partial charge < -0.3 is 14.8 Å². The number of hydrogen-bond acceptors (Lipinski definition) is 5. The first-order valence-electron chi connectivity index (χ1n) is 7.61. The lowest BCUT2D eigenvalue weighted by Crippen LogP contribution is -2.56. The van der Waals surface area contributed by atoms with E-state index in [0.717, 1.165) is 19.3 Å². The van der Waals surface area contributed by atoms with Gasteiger partial charge >= 0.3 is 5.97 Å². The van der Waals surface area contributed by atoms with Crippen molar-refractivity contribution in [2.24, 2.45) is 0 Å². The second-order valence-corrected chi connectivity index (χ2v) is 5.38. The molecule has 6 nitrogen and oxygen atoms in total. The molecule has 22 heavy (non-hydrogen) atoms. The van der Waals surface area contributed by atoms with Crippen LogP contribution in [0, 0.1) is 0 Å². The summed E-state index contributed by atoms with van der Waals surface area (Å²) in [5.74, 6) is -0.468. The minimum atomic E-state index is -0.941. The Hall–Kier alpha value is -2.11. The highest BCUT2D eigenvalue weighted by Crippen LogP contribution is 2.30. The highest BCUT2D eigenvalue weighted by molar-refractivity contribution is 5.99. The van der Waals surface area contributed by atoms with Crippen molar-refractivity contribution < 1.29 is 19.1 Å². The number of carbonyl (C=O) groups is 2. The first-order chi connectivity index (χ1) is 10.6. The summed E-state index contributed by atoms with van der Waals surface area (Å²) in [5.41, 5.74) is -0.609. The summed E-state index contributed by atoms with van der Waals surface area (Å²) >= 11 is 0. The Labute approximate surface area is 130 Å². The van der Waals surface area contributed by atoms with Gasteiger partial charge in [-0.05, 0) is 31.9 Å². The Morgan fingerprint density at radius 3 is 2.68 bits per heavy atom. The topological polar surface area (TPSA) is 77.5 Å². The lowest BCUT2D eigenvalue weighted by atomic mass is 9.81. The minimum absolute atomic E-state index is 0.276. The molecule has 1 aromatic heterocycles. The van der Waals surface area contributed by atoms with Crippen molar-refractivity contribution in [3.8, 4) is 5.88 Å². The van der Waals surface area contributed by atoms with Crippen molar-refractivity contribution in [2.75, 3.05) is 13.7 Å². The van der Waals surface area contributed by atoms with Crippen molar-refractivity contribution in [3.63, 3.8) is 0 Å². The van der Waals surface area contributed by atoms with E-state index in [9.17, 15) is 9.59 Å². The van der Waals surface area contributed by atoms with E-state index in [1.54, 1.807) is 18.3 Å². The van der Waals surface area contributed by atoms with Gasteiger partial charge in [-0.3, -0.25) is 4.79 Å². The molecule has 1 aliphatic rings. The van der Waals surface area contributed by atoms with E-state index in [1.165, 1.54) is 7.11 Å². The first kappa shape index (κ1) is 16.3. The summed E-state index contributed by atoms with van der Waals surface area (Å²) in [5, 5.41) is 2.86. The lowest BCUT2D eigenvalue weighted by Gasteiger charge is -2.35. The fourth-order valence-corrected chi connectivity index (χ4v) is 2.83. The Kier molecular flexibility index (Phi) is 5.35. The van der Waals surface area contributed by atoms with Crippen LogP contribution in [0.15, 0.2) is 18.3 Å². The largest absolute Gasteiger partial charge is 0.477 e. The highest BCUT2D eigenvalue weighted by atomic mass is 16.5. The van der Waals surface area contributed by atoms with Gasteiger partial charge in [-0.1, -0.05) is 19.3 Å². The first-order valence-corrected chi connectivity index (χ1v) is 7.61. The van der Waals surface area contributed by atoms with Crippen molar-refractivity contribution in [3.05, 3.63) is 23.9 Å². The summed E-state index contributed by atoms with van der Waals surface area (Å²) < 4.78 is 10.3. The van der Waals surface area contributed by atoms with Crippen LogP contribution in [-0.4, -0.2) is 36.1 Å². The Bertz CT molecular complexity index is 539. The summed E-state index contributed by atoms with van der Waals surface area (Å²) in [4.78, 5) is 28.8. The van der Waals surface area contributed by atoms with Crippen molar-refractivity contribution in [2.45, 2.75) is 44.6 Å². The van der Waals surface area contributed by atoms with Gasteiger partial charge in [0.05, 0.1) is 13.7 Å². The van der Waals surface area contributed by atoms with E-state index in [-0.39, 0.29) is 17.8 Å². The van der Waals surface area contributed by atoms with Gasteiger partial charge in [0.25, 0.3) is 5.91 Å². The maximum absolute atomic E-state index is 12.6. The van der Waals surface area contributed by atoms with Gasteiger partial charge in [-0.15, -0.1) is 0 Å². The van der Waals surface area contributed by atoms with Crippen LogP contribution in [0.25, 0.3) is 0 Å². The zero-order valence-electron chi connectivity index (χ0n) is 13.1. The Morgan fingerprint density at radius 1 is 1.32 bits per heavy atom. The molecule has 120 valence electrons. The molecule has 6 heteroatoms. The Balaban J connectivity index is 2.23. The zero-order chi connectivity index (χ0) is 16.0. The van der Waals surface area contributed by atoms with Gasteiger partial charge in [0.2, 0.25) is 5.88 Å². The smallest absolute Gasteiger partial charge is 0.331 e. The molecule has 1 aromatic rings. The molecule has 1 aliphatic carbocycles. The predicted octanol–water partition coefficient (Wildman–Crippen LogP) is 2.09. The van der Waals surface area contributed by atoms with Crippen LogP contribution in [0.1, 0.15) is 49.4 Å². The van der Waals surface area contributed by atoms with Crippen molar-refractivity contribution in [1.29, 1.82) is 0 Å². The Morgan fingerprint density at radius 2 is 2.05 bits per heavy atom. The van der Waals surface area contributed by atoms with E-state index < -0.39 is 5.54 Å². The highest BCUT2D eigenvalue weighted by Gasteiger charge is 2.42. The second-order valence-electron chi connectivity index (χ2n) is 5.38. The minimum Gasteiger partial charge on any atom is -0.477 e. The third kappa shape index (κ3) is 3.37. The van der Waals surface area contributed by atoms with Crippen LogP contribution in [-0.2, 0) is 9.53 Å². The van der Waals surface area contributed by atoms with Crippen LogP contribution < -0.4 is 10.1 Å². The number of methoxy groups -OCH3 is 1. The SMILES string of the molecule is CCOc1ncccc1C(=O)NC1(C(=O)OC)CCCCC1. The number of nitrogens with zero attached hydrogens (tertiary/aromatic N) is 1. The third-order valence-electron chi connectivity index (χ3n) is 3.93. The molecular weight excluding hydrogens is 284 g/mol. The molecule has 0 unspecified atom stereocenters. The second kappa shape index (κ2) is 7.24. The van der Waals surface area contributed by atoms with E-state index in [2.05, 4.69) is 10.3 Å². The van der Waals surface area contributed by atoms with Crippen molar-refractivity contribution in [1.82, 2.24) is 10.3 Å². The van der Waals surface area contributed by atoms with Crippen LogP contribution in [0.2, 0.25) is 0 Å². The third-order valence-corrected chi connectivity index (χ3v) is 3.93. The number of ether oxygens (including phenoxy) is 2. The summed E-state index contributed by atoms with van der Waals surface area (Å²) in [6.07, 6.45) is 5.59. The lowest BCUT2D eigenvalue weighted by molar-refractivity contribution is -0.149. The number of nitrogens with one attached hydrogen (secondary N) is 1. The molecule has 0 aromatic carbocycles. The number of carbonyl (C=O) groups excluding carboxylic acids is 2.